The number of aryl methyl sites for hydroxylation is 1. The average molecular weight is 332 g/mol. The number of amides is 1. The van der Waals surface area contributed by atoms with Crippen LogP contribution in [0.1, 0.15) is 28.6 Å². The number of hydrogen-bond acceptors (Lipinski definition) is 4. The molecule has 0 fully saturated rings. The van der Waals surface area contributed by atoms with Gasteiger partial charge in [0.1, 0.15) is 6.04 Å². The van der Waals surface area contributed by atoms with E-state index >= 15 is 0 Å². The van der Waals surface area contributed by atoms with Crippen LogP contribution in [0, 0.1) is 6.92 Å². The number of carbonyl (C=O) groups excluding carboxylic acids is 1. The summed E-state index contributed by atoms with van der Waals surface area (Å²) in [7, 11) is 0. The molecule has 5 nitrogen and oxygen atoms in total. The van der Waals surface area contributed by atoms with Crippen molar-refractivity contribution in [2.45, 2.75) is 25.9 Å². The molecule has 4 rings (SSSR count). The Balaban J connectivity index is 1.70. The number of carbonyl (C=O) groups is 1. The molecule has 2 heterocycles. The van der Waals surface area contributed by atoms with Crippen LogP contribution in [-0.2, 0) is 17.8 Å². The van der Waals surface area contributed by atoms with Gasteiger partial charge in [-0.25, -0.2) is 9.97 Å². The molecule has 0 aliphatic carbocycles. The Hall–Kier alpha value is -2.79. The number of primary amides is 1. The zero-order chi connectivity index (χ0) is 17.4. The SMILES string of the molecule is Cc1nc2ccccc2nc1CN1CCc2ccccc2C1C(N)=O. The lowest BCUT2D eigenvalue weighted by atomic mass is 9.92. The fourth-order valence-corrected chi connectivity index (χ4v) is 3.59. The summed E-state index contributed by atoms with van der Waals surface area (Å²) in [6.07, 6.45) is 0.903. The molecule has 0 saturated carbocycles. The number of para-hydroxylation sites is 2. The highest BCUT2D eigenvalue weighted by Crippen LogP contribution is 2.31. The molecule has 3 aromatic rings. The van der Waals surface area contributed by atoms with Gasteiger partial charge in [0.15, 0.2) is 0 Å². The first-order valence-electron chi connectivity index (χ1n) is 8.47. The maximum Gasteiger partial charge on any atom is 0.239 e. The van der Waals surface area contributed by atoms with E-state index in [-0.39, 0.29) is 5.91 Å². The second kappa shape index (κ2) is 6.26. The van der Waals surface area contributed by atoms with Gasteiger partial charge in [0.05, 0.1) is 22.4 Å². The van der Waals surface area contributed by atoms with Crippen molar-refractivity contribution in [2.24, 2.45) is 5.73 Å². The Bertz CT molecular complexity index is 953. The first-order valence-corrected chi connectivity index (χ1v) is 8.47. The third kappa shape index (κ3) is 2.87. The van der Waals surface area contributed by atoms with Crippen molar-refractivity contribution in [3.05, 3.63) is 71.0 Å². The molecule has 1 unspecified atom stereocenters. The summed E-state index contributed by atoms with van der Waals surface area (Å²) in [5.41, 5.74) is 11.5. The van der Waals surface area contributed by atoms with Gasteiger partial charge in [0, 0.05) is 13.1 Å². The van der Waals surface area contributed by atoms with Crippen molar-refractivity contribution in [3.63, 3.8) is 0 Å². The molecule has 2 aromatic carbocycles. The Morgan fingerprint density at radius 1 is 1.12 bits per heavy atom. The maximum absolute atomic E-state index is 12.2. The van der Waals surface area contributed by atoms with Gasteiger partial charge in [0.25, 0.3) is 0 Å². The van der Waals surface area contributed by atoms with E-state index in [2.05, 4.69) is 16.0 Å². The van der Waals surface area contributed by atoms with Crippen molar-refractivity contribution < 1.29 is 4.79 Å². The second-order valence-electron chi connectivity index (χ2n) is 6.47. The van der Waals surface area contributed by atoms with Crippen LogP contribution < -0.4 is 5.73 Å². The van der Waals surface area contributed by atoms with Gasteiger partial charge in [-0.05, 0) is 36.6 Å². The van der Waals surface area contributed by atoms with Gasteiger partial charge < -0.3 is 5.73 Å². The van der Waals surface area contributed by atoms with Crippen LogP contribution in [0.15, 0.2) is 48.5 Å². The van der Waals surface area contributed by atoms with Crippen LogP contribution in [0.25, 0.3) is 11.0 Å². The summed E-state index contributed by atoms with van der Waals surface area (Å²) in [4.78, 5) is 23.7. The van der Waals surface area contributed by atoms with E-state index in [1.54, 1.807) is 0 Å². The molecule has 0 radical (unpaired) electrons. The summed E-state index contributed by atoms with van der Waals surface area (Å²) in [6, 6.07) is 15.5. The summed E-state index contributed by atoms with van der Waals surface area (Å²) >= 11 is 0. The Kier molecular flexibility index (Phi) is 3.93. The Morgan fingerprint density at radius 2 is 1.80 bits per heavy atom. The fraction of sp³-hybridized carbons (Fsp3) is 0.250. The molecular weight excluding hydrogens is 312 g/mol. The van der Waals surface area contributed by atoms with E-state index in [9.17, 15) is 4.79 Å². The zero-order valence-electron chi connectivity index (χ0n) is 14.1. The molecule has 0 bridgehead atoms. The van der Waals surface area contributed by atoms with Gasteiger partial charge >= 0.3 is 0 Å². The van der Waals surface area contributed by atoms with Crippen LogP contribution in [0.3, 0.4) is 0 Å². The summed E-state index contributed by atoms with van der Waals surface area (Å²) in [6.45, 7) is 3.30. The standard InChI is InChI=1S/C20H20N4O/c1-13-18(23-17-9-5-4-8-16(17)22-13)12-24-11-10-14-6-2-3-7-15(14)19(24)20(21)25/h2-9,19H,10-12H2,1H3,(H2,21,25). The van der Waals surface area contributed by atoms with Crippen LogP contribution in [0.4, 0.5) is 0 Å². The molecule has 5 heteroatoms. The molecular formula is C20H20N4O. The molecule has 1 amide bonds. The molecule has 1 aliphatic rings. The van der Waals surface area contributed by atoms with Crippen LogP contribution in [0.5, 0.6) is 0 Å². The minimum absolute atomic E-state index is 0.321. The molecule has 1 aromatic heterocycles. The Labute approximate surface area is 146 Å². The molecule has 1 atom stereocenters. The van der Waals surface area contributed by atoms with E-state index in [4.69, 9.17) is 10.7 Å². The van der Waals surface area contributed by atoms with Crippen molar-refractivity contribution in [2.75, 3.05) is 6.54 Å². The van der Waals surface area contributed by atoms with Crippen LogP contribution in [-0.4, -0.2) is 27.3 Å². The molecule has 1 aliphatic heterocycles. The van der Waals surface area contributed by atoms with Gasteiger partial charge in [-0.2, -0.15) is 0 Å². The van der Waals surface area contributed by atoms with Crippen molar-refractivity contribution in [3.8, 4) is 0 Å². The number of rotatable bonds is 3. The van der Waals surface area contributed by atoms with E-state index in [0.717, 1.165) is 41.0 Å². The number of benzene rings is 2. The third-order valence-corrected chi connectivity index (χ3v) is 4.85. The average Bonchev–Trinajstić information content (AvgIpc) is 2.61. The zero-order valence-corrected chi connectivity index (χ0v) is 14.1. The largest absolute Gasteiger partial charge is 0.368 e. The summed E-state index contributed by atoms with van der Waals surface area (Å²) in [5, 5.41) is 0. The first-order chi connectivity index (χ1) is 12.1. The van der Waals surface area contributed by atoms with Gasteiger partial charge in [-0.3, -0.25) is 9.69 Å². The lowest BCUT2D eigenvalue weighted by Gasteiger charge is -2.35. The summed E-state index contributed by atoms with van der Waals surface area (Å²) < 4.78 is 0. The van der Waals surface area contributed by atoms with Gasteiger partial charge in [-0.15, -0.1) is 0 Å². The lowest BCUT2D eigenvalue weighted by molar-refractivity contribution is -0.124. The topological polar surface area (TPSA) is 72.1 Å². The highest BCUT2D eigenvalue weighted by atomic mass is 16.1. The van der Waals surface area contributed by atoms with E-state index in [1.807, 2.05) is 49.4 Å². The van der Waals surface area contributed by atoms with Crippen LogP contribution >= 0.6 is 0 Å². The molecule has 25 heavy (non-hydrogen) atoms. The maximum atomic E-state index is 12.2. The molecule has 0 spiro atoms. The number of nitrogens with two attached hydrogens (primary N) is 1. The number of nitrogens with zero attached hydrogens (tertiary/aromatic N) is 3. The minimum atomic E-state index is -0.419. The minimum Gasteiger partial charge on any atom is -0.368 e. The number of fused-ring (bicyclic) bond motifs is 2. The van der Waals surface area contributed by atoms with E-state index in [1.165, 1.54) is 5.56 Å². The smallest absolute Gasteiger partial charge is 0.239 e. The monoisotopic (exact) mass is 332 g/mol. The van der Waals surface area contributed by atoms with Crippen molar-refractivity contribution >= 4 is 16.9 Å². The second-order valence-corrected chi connectivity index (χ2v) is 6.47. The molecule has 126 valence electrons. The van der Waals surface area contributed by atoms with Gasteiger partial charge in [-0.1, -0.05) is 36.4 Å². The number of aromatic nitrogens is 2. The quantitative estimate of drug-likeness (QED) is 0.800. The highest BCUT2D eigenvalue weighted by Gasteiger charge is 2.31. The van der Waals surface area contributed by atoms with E-state index < -0.39 is 6.04 Å². The summed E-state index contributed by atoms with van der Waals surface area (Å²) in [5.74, 6) is -0.321. The van der Waals surface area contributed by atoms with E-state index in [0.29, 0.717) is 6.54 Å². The molecule has 2 N–H and O–H groups in total. The molecule has 0 saturated heterocycles. The Morgan fingerprint density at radius 3 is 2.56 bits per heavy atom. The van der Waals surface area contributed by atoms with Crippen molar-refractivity contribution in [1.82, 2.24) is 14.9 Å². The predicted molar refractivity (Wildman–Crippen MR) is 96.8 cm³/mol. The first kappa shape index (κ1) is 15.7. The predicted octanol–water partition coefficient (Wildman–Crippen LogP) is 2.52. The normalized spacial score (nSPS) is 17.4. The highest BCUT2D eigenvalue weighted by molar-refractivity contribution is 5.82. The van der Waals surface area contributed by atoms with Crippen LogP contribution in [0.2, 0.25) is 0 Å². The number of hydrogen-bond donors (Lipinski definition) is 1. The third-order valence-electron chi connectivity index (χ3n) is 4.85. The lowest BCUT2D eigenvalue weighted by Crippen LogP contribution is -2.42. The van der Waals surface area contributed by atoms with Crippen molar-refractivity contribution in [1.29, 1.82) is 0 Å². The van der Waals surface area contributed by atoms with Gasteiger partial charge in [0.2, 0.25) is 5.91 Å². The fourth-order valence-electron chi connectivity index (χ4n) is 3.59.